The van der Waals surface area contributed by atoms with E-state index in [1.807, 2.05) is 23.9 Å². The van der Waals surface area contributed by atoms with Crippen LogP contribution in [0.2, 0.25) is 5.02 Å². The average Bonchev–Trinajstić information content (AvgIpc) is 3.02. The number of anilines is 1. The van der Waals surface area contributed by atoms with E-state index in [4.69, 9.17) is 22.1 Å². The van der Waals surface area contributed by atoms with E-state index in [-0.39, 0.29) is 0 Å². The molecule has 0 amide bonds. The molecule has 0 bridgehead atoms. The Morgan fingerprint density at radius 1 is 1.18 bits per heavy atom. The van der Waals surface area contributed by atoms with Crippen molar-refractivity contribution in [3.05, 3.63) is 47.0 Å². The van der Waals surface area contributed by atoms with Gasteiger partial charge in [0.1, 0.15) is 11.3 Å². The van der Waals surface area contributed by atoms with Crippen molar-refractivity contribution >= 4 is 40.1 Å². The highest BCUT2D eigenvalue weighted by molar-refractivity contribution is 7.97. The lowest BCUT2D eigenvalue weighted by Gasteiger charge is -2.00. The molecule has 7 heteroatoms. The molecule has 0 aliphatic rings. The Morgan fingerprint density at radius 2 is 1.91 bits per heavy atom. The van der Waals surface area contributed by atoms with Crippen molar-refractivity contribution in [2.24, 2.45) is 0 Å². The number of nitrogens with zero attached hydrogens (tertiary/aromatic N) is 2. The van der Waals surface area contributed by atoms with Crippen molar-refractivity contribution in [1.82, 2.24) is 10.3 Å². The van der Waals surface area contributed by atoms with Crippen LogP contribution in [0.4, 0.5) is 5.69 Å². The first-order chi connectivity index (χ1) is 10.7. The summed E-state index contributed by atoms with van der Waals surface area (Å²) in [6, 6.07) is 11.5. The molecule has 0 saturated carbocycles. The highest BCUT2D eigenvalue weighted by atomic mass is 35.5. The monoisotopic (exact) mass is 337 g/mol. The molecule has 5 nitrogen and oxygen atoms in total. The first kappa shape index (κ1) is 16.5. The van der Waals surface area contributed by atoms with E-state index in [1.54, 1.807) is 19.2 Å². The SMILES string of the molecule is COc1ccc(CSC)cc1.Nc1c(Cl)ccc2nonc12. The quantitative estimate of drug-likeness (QED) is 0.728. The number of thioether (sulfide) groups is 1. The molecular formula is C15H16ClN3O2S. The highest BCUT2D eigenvalue weighted by Gasteiger charge is 2.06. The van der Waals surface area contributed by atoms with Gasteiger partial charge in [0.05, 0.1) is 17.8 Å². The summed E-state index contributed by atoms with van der Waals surface area (Å²) < 4.78 is 9.50. The van der Waals surface area contributed by atoms with Crippen LogP contribution in [0.15, 0.2) is 41.0 Å². The van der Waals surface area contributed by atoms with Gasteiger partial charge in [0.15, 0.2) is 5.52 Å². The minimum Gasteiger partial charge on any atom is -0.497 e. The van der Waals surface area contributed by atoms with Crippen LogP contribution in [0.25, 0.3) is 11.0 Å². The Labute approximate surface area is 137 Å². The first-order valence-electron chi connectivity index (χ1n) is 6.43. The Morgan fingerprint density at radius 3 is 2.55 bits per heavy atom. The van der Waals surface area contributed by atoms with Crippen LogP contribution < -0.4 is 10.5 Å². The molecule has 0 fully saturated rings. The molecule has 0 unspecified atom stereocenters. The number of nitrogen functional groups attached to an aromatic ring is 1. The third-order valence-corrected chi connectivity index (χ3v) is 3.84. The van der Waals surface area contributed by atoms with Crippen molar-refractivity contribution in [2.75, 3.05) is 19.1 Å². The Kier molecular flexibility index (Phi) is 5.91. The van der Waals surface area contributed by atoms with Gasteiger partial charge in [-0.1, -0.05) is 23.7 Å². The minimum absolute atomic E-state index is 0.408. The number of halogens is 1. The van der Waals surface area contributed by atoms with Crippen molar-refractivity contribution in [1.29, 1.82) is 0 Å². The molecular weight excluding hydrogens is 322 g/mol. The van der Waals surface area contributed by atoms with Crippen LogP contribution >= 0.6 is 23.4 Å². The summed E-state index contributed by atoms with van der Waals surface area (Å²) in [5, 5.41) is 7.65. The number of nitrogens with two attached hydrogens (primary N) is 1. The van der Waals surface area contributed by atoms with Crippen LogP contribution in [0, 0.1) is 0 Å². The van der Waals surface area contributed by atoms with Crippen LogP contribution in [-0.4, -0.2) is 23.7 Å². The van der Waals surface area contributed by atoms with Crippen molar-refractivity contribution in [3.63, 3.8) is 0 Å². The van der Waals surface area contributed by atoms with Gasteiger partial charge in [-0.05, 0) is 46.4 Å². The fraction of sp³-hybridized carbons (Fsp3) is 0.200. The van der Waals surface area contributed by atoms with Gasteiger partial charge >= 0.3 is 0 Å². The molecule has 0 atom stereocenters. The molecule has 3 aromatic rings. The van der Waals surface area contributed by atoms with Gasteiger partial charge in [-0.2, -0.15) is 11.8 Å². The molecule has 1 aromatic heterocycles. The molecule has 22 heavy (non-hydrogen) atoms. The molecule has 2 aromatic carbocycles. The molecule has 116 valence electrons. The third-order valence-electron chi connectivity index (χ3n) is 2.88. The topological polar surface area (TPSA) is 74.2 Å². The zero-order chi connectivity index (χ0) is 15.9. The van der Waals surface area contributed by atoms with Gasteiger partial charge < -0.3 is 10.5 Å². The molecule has 2 N–H and O–H groups in total. The Bertz CT molecular complexity index is 731. The lowest BCUT2D eigenvalue weighted by atomic mass is 10.2. The fourth-order valence-electron chi connectivity index (χ4n) is 1.74. The maximum atomic E-state index is 5.71. The largest absolute Gasteiger partial charge is 0.497 e. The molecule has 0 aliphatic heterocycles. The molecule has 0 aliphatic carbocycles. The highest BCUT2D eigenvalue weighted by Crippen LogP contribution is 2.25. The number of rotatable bonds is 3. The Hall–Kier alpha value is -1.92. The summed E-state index contributed by atoms with van der Waals surface area (Å²) in [5.41, 5.74) is 8.45. The zero-order valence-corrected chi connectivity index (χ0v) is 13.8. The summed E-state index contributed by atoms with van der Waals surface area (Å²) in [7, 11) is 1.68. The second-order valence-corrected chi connectivity index (χ2v) is 5.65. The standard InChI is InChI=1S/C9H12OS.C6H4ClN3O/c1-10-9-5-3-8(4-6-9)7-11-2;7-3-1-2-4-6(5(3)8)10-11-9-4/h3-6H,7H2,1-2H3;1-2H,8H2. The summed E-state index contributed by atoms with van der Waals surface area (Å²) >= 11 is 7.54. The summed E-state index contributed by atoms with van der Waals surface area (Å²) in [5.74, 6) is 2.00. The molecule has 1 heterocycles. The minimum atomic E-state index is 0.408. The molecule has 3 rings (SSSR count). The van der Waals surface area contributed by atoms with Gasteiger partial charge in [-0.25, -0.2) is 4.63 Å². The second-order valence-electron chi connectivity index (χ2n) is 4.37. The predicted molar refractivity (Wildman–Crippen MR) is 91.4 cm³/mol. The number of hydrogen-bond donors (Lipinski definition) is 1. The van der Waals surface area contributed by atoms with E-state index in [0.717, 1.165) is 11.5 Å². The number of ether oxygens (including phenoxy) is 1. The molecule has 0 saturated heterocycles. The van der Waals surface area contributed by atoms with Gasteiger partial charge in [-0.3, -0.25) is 0 Å². The van der Waals surface area contributed by atoms with Gasteiger partial charge in [0.2, 0.25) is 0 Å². The fourth-order valence-corrected chi connectivity index (χ4v) is 2.41. The summed E-state index contributed by atoms with van der Waals surface area (Å²) in [6.45, 7) is 0. The number of methoxy groups -OCH3 is 1. The number of hydrogen-bond acceptors (Lipinski definition) is 6. The molecule has 0 radical (unpaired) electrons. The van der Waals surface area contributed by atoms with E-state index >= 15 is 0 Å². The number of fused-ring (bicyclic) bond motifs is 1. The third kappa shape index (κ3) is 4.05. The van der Waals surface area contributed by atoms with Gasteiger partial charge in [0, 0.05) is 5.75 Å². The van der Waals surface area contributed by atoms with Crippen molar-refractivity contribution < 1.29 is 9.37 Å². The lowest BCUT2D eigenvalue weighted by Crippen LogP contribution is -1.87. The van der Waals surface area contributed by atoms with Crippen molar-refractivity contribution in [2.45, 2.75) is 5.75 Å². The number of benzene rings is 2. The van der Waals surface area contributed by atoms with Crippen LogP contribution in [0.5, 0.6) is 5.75 Å². The van der Waals surface area contributed by atoms with Crippen LogP contribution in [0.3, 0.4) is 0 Å². The predicted octanol–water partition coefficient (Wildman–Crippen LogP) is 4.02. The van der Waals surface area contributed by atoms with Gasteiger partial charge in [0.25, 0.3) is 0 Å². The smallest absolute Gasteiger partial charge is 0.159 e. The van der Waals surface area contributed by atoms with E-state index in [0.29, 0.717) is 21.7 Å². The zero-order valence-electron chi connectivity index (χ0n) is 12.2. The van der Waals surface area contributed by atoms with E-state index in [2.05, 4.69) is 33.3 Å². The van der Waals surface area contributed by atoms with Crippen molar-refractivity contribution in [3.8, 4) is 5.75 Å². The number of aromatic nitrogens is 2. The first-order valence-corrected chi connectivity index (χ1v) is 8.21. The van der Waals surface area contributed by atoms with E-state index in [9.17, 15) is 0 Å². The normalized spacial score (nSPS) is 10.1. The van der Waals surface area contributed by atoms with E-state index < -0.39 is 0 Å². The molecule has 0 spiro atoms. The maximum absolute atomic E-state index is 5.71. The average molecular weight is 338 g/mol. The maximum Gasteiger partial charge on any atom is 0.159 e. The second kappa shape index (κ2) is 7.91. The summed E-state index contributed by atoms with van der Waals surface area (Å²) in [4.78, 5) is 0. The summed E-state index contributed by atoms with van der Waals surface area (Å²) in [6.07, 6.45) is 2.10. The van der Waals surface area contributed by atoms with Crippen LogP contribution in [0.1, 0.15) is 5.56 Å². The lowest BCUT2D eigenvalue weighted by molar-refractivity contribution is 0.315. The van der Waals surface area contributed by atoms with Gasteiger partial charge in [-0.15, -0.1) is 0 Å². The van der Waals surface area contributed by atoms with Crippen LogP contribution in [-0.2, 0) is 5.75 Å². The Balaban J connectivity index is 0.000000160. The van der Waals surface area contributed by atoms with E-state index in [1.165, 1.54) is 5.56 Å².